The molecule has 9 heteroatoms. The molecule has 0 aliphatic carbocycles. The molecular formula is C37H35ClFN5OS. The molecule has 1 fully saturated rings. The number of carbonyl (C=O) groups excluding carboxylic acids is 1. The number of thioether (sulfide) groups is 1. The lowest BCUT2D eigenvalue weighted by Crippen LogP contribution is -2.47. The summed E-state index contributed by atoms with van der Waals surface area (Å²) in [5, 5.41) is 4.08. The molecule has 6 rings (SSSR count). The minimum atomic E-state index is -0.204. The fraction of sp³-hybridized carbons (Fsp3) is 0.216. The Morgan fingerprint density at radius 3 is 2.07 bits per heavy atom. The van der Waals surface area contributed by atoms with Crippen molar-refractivity contribution >= 4 is 40.8 Å². The molecule has 2 heterocycles. The smallest absolute Gasteiger partial charge is 0.251 e. The summed E-state index contributed by atoms with van der Waals surface area (Å²) < 4.78 is 14.3. The van der Waals surface area contributed by atoms with E-state index in [0.717, 1.165) is 17.8 Å². The SMILES string of the molecule is O=C(NCCC(c1ccccc1)c1ccccc1)c1ccc(CSc2nc(Cl)cc(N3CCN(c4ccccc4F)CC3)n2)cc1. The first-order valence-electron chi connectivity index (χ1n) is 15.4. The number of piperazine rings is 1. The quantitative estimate of drug-likeness (QED) is 0.0892. The van der Waals surface area contributed by atoms with Crippen molar-refractivity contribution in [1.82, 2.24) is 15.3 Å². The Bertz CT molecular complexity index is 1700. The number of nitrogens with one attached hydrogen (secondary N) is 1. The lowest BCUT2D eigenvalue weighted by atomic mass is 9.88. The zero-order valence-electron chi connectivity index (χ0n) is 25.4. The summed E-state index contributed by atoms with van der Waals surface area (Å²) in [6.45, 7) is 3.34. The van der Waals surface area contributed by atoms with Gasteiger partial charge in [-0.2, -0.15) is 0 Å². The lowest BCUT2D eigenvalue weighted by molar-refractivity contribution is 0.0952. The van der Waals surface area contributed by atoms with Gasteiger partial charge < -0.3 is 15.1 Å². The third-order valence-electron chi connectivity index (χ3n) is 8.16. The van der Waals surface area contributed by atoms with Crippen molar-refractivity contribution in [3.8, 4) is 0 Å². The average molecular weight is 652 g/mol. The van der Waals surface area contributed by atoms with E-state index in [1.807, 2.05) is 48.5 Å². The van der Waals surface area contributed by atoms with Crippen LogP contribution < -0.4 is 15.1 Å². The molecule has 5 aromatic rings. The highest BCUT2D eigenvalue weighted by Gasteiger charge is 2.21. The Hall–Kier alpha value is -4.40. The Balaban J connectivity index is 1.01. The maximum absolute atomic E-state index is 14.3. The van der Waals surface area contributed by atoms with E-state index in [1.165, 1.54) is 29.0 Å². The zero-order chi connectivity index (χ0) is 31.7. The molecule has 1 aromatic heterocycles. The highest BCUT2D eigenvalue weighted by atomic mass is 35.5. The van der Waals surface area contributed by atoms with Crippen molar-refractivity contribution in [2.45, 2.75) is 23.2 Å². The first kappa shape index (κ1) is 31.6. The van der Waals surface area contributed by atoms with Crippen molar-refractivity contribution < 1.29 is 9.18 Å². The second-order valence-electron chi connectivity index (χ2n) is 11.2. The van der Waals surface area contributed by atoms with Gasteiger partial charge in [-0.1, -0.05) is 108 Å². The molecule has 0 saturated carbocycles. The van der Waals surface area contributed by atoms with Crippen molar-refractivity contribution in [3.63, 3.8) is 0 Å². The summed E-state index contributed by atoms with van der Waals surface area (Å²) in [5.41, 5.74) is 4.78. The number of benzene rings is 4. The van der Waals surface area contributed by atoms with Gasteiger partial charge in [0.15, 0.2) is 5.16 Å². The summed E-state index contributed by atoms with van der Waals surface area (Å²) in [4.78, 5) is 26.4. The highest BCUT2D eigenvalue weighted by molar-refractivity contribution is 7.98. The van der Waals surface area contributed by atoms with Crippen LogP contribution in [0.5, 0.6) is 0 Å². The van der Waals surface area contributed by atoms with Gasteiger partial charge in [0.1, 0.15) is 16.8 Å². The van der Waals surface area contributed by atoms with Crippen LogP contribution in [0, 0.1) is 5.82 Å². The predicted molar refractivity (Wildman–Crippen MR) is 186 cm³/mol. The summed E-state index contributed by atoms with van der Waals surface area (Å²) in [6, 6.07) is 37.1. The summed E-state index contributed by atoms with van der Waals surface area (Å²) in [5.74, 6) is 1.32. The van der Waals surface area contributed by atoms with Crippen molar-refractivity contribution in [2.75, 3.05) is 42.5 Å². The highest BCUT2D eigenvalue weighted by Crippen LogP contribution is 2.29. The lowest BCUT2D eigenvalue weighted by Gasteiger charge is -2.36. The van der Waals surface area contributed by atoms with Gasteiger partial charge >= 0.3 is 0 Å². The number of hydrogen-bond donors (Lipinski definition) is 1. The number of hydrogen-bond acceptors (Lipinski definition) is 6. The Labute approximate surface area is 278 Å². The van der Waals surface area contributed by atoms with Gasteiger partial charge in [0.05, 0.1) is 5.69 Å². The first-order valence-corrected chi connectivity index (χ1v) is 16.8. The van der Waals surface area contributed by atoms with Crippen LogP contribution in [0.3, 0.4) is 0 Å². The van der Waals surface area contributed by atoms with E-state index in [0.29, 0.717) is 60.0 Å². The Morgan fingerprint density at radius 2 is 1.41 bits per heavy atom. The van der Waals surface area contributed by atoms with E-state index in [1.54, 1.807) is 12.1 Å². The number of para-hydroxylation sites is 1. The number of aromatic nitrogens is 2. The number of anilines is 2. The van der Waals surface area contributed by atoms with Crippen LogP contribution in [-0.2, 0) is 5.75 Å². The summed E-state index contributed by atoms with van der Waals surface area (Å²) in [6.07, 6.45) is 0.803. The fourth-order valence-corrected chi connectivity index (χ4v) is 6.76. The molecule has 1 aliphatic rings. The van der Waals surface area contributed by atoms with Crippen molar-refractivity contribution in [3.05, 3.63) is 148 Å². The van der Waals surface area contributed by atoms with E-state index < -0.39 is 0 Å². The van der Waals surface area contributed by atoms with Gasteiger partial charge in [-0.05, 0) is 47.4 Å². The summed E-state index contributed by atoms with van der Waals surface area (Å²) in [7, 11) is 0. The molecule has 1 amide bonds. The standard InChI is InChI=1S/C37H35ClFN5OS/c38-34-25-35(44-23-21-43(22-24-44)33-14-8-7-13-32(33)39)42-37(41-34)46-26-27-15-17-30(18-16-27)36(45)40-20-19-31(28-9-3-1-4-10-28)29-11-5-2-6-12-29/h1-18,25,31H,19-24,26H2,(H,40,45). The number of nitrogens with zero attached hydrogens (tertiary/aromatic N) is 4. The van der Waals surface area contributed by atoms with E-state index in [4.69, 9.17) is 16.6 Å². The van der Waals surface area contributed by atoms with E-state index >= 15 is 0 Å². The largest absolute Gasteiger partial charge is 0.366 e. The van der Waals surface area contributed by atoms with Crippen LogP contribution in [0.1, 0.15) is 39.4 Å². The Morgan fingerprint density at radius 1 is 0.804 bits per heavy atom. The van der Waals surface area contributed by atoms with Gasteiger partial charge in [0, 0.05) is 56.0 Å². The van der Waals surface area contributed by atoms with Crippen LogP contribution in [0.25, 0.3) is 0 Å². The van der Waals surface area contributed by atoms with Crippen LogP contribution >= 0.6 is 23.4 Å². The fourth-order valence-electron chi connectivity index (χ4n) is 5.73. The molecule has 1 aliphatic heterocycles. The molecule has 0 atom stereocenters. The molecule has 46 heavy (non-hydrogen) atoms. The minimum Gasteiger partial charge on any atom is -0.366 e. The number of amides is 1. The Kier molecular flexibility index (Phi) is 10.5. The minimum absolute atomic E-state index is 0.0861. The van der Waals surface area contributed by atoms with Crippen molar-refractivity contribution in [2.24, 2.45) is 0 Å². The van der Waals surface area contributed by atoms with Gasteiger partial charge in [-0.25, -0.2) is 14.4 Å². The number of rotatable bonds is 11. The van der Waals surface area contributed by atoms with E-state index in [2.05, 4.69) is 68.6 Å². The number of halogens is 2. The molecular weight excluding hydrogens is 617 g/mol. The third kappa shape index (κ3) is 8.05. The van der Waals surface area contributed by atoms with Crippen LogP contribution in [0.4, 0.5) is 15.9 Å². The molecule has 0 bridgehead atoms. The first-order chi connectivity index (χ1) is 22.5. The molecule has 234 valence electrons. The topological polar surface area (TPSA) is 61.4 Å². The van der Waals surface area contributed by atoms with E-state index in [-0.39, 0.29) is 17.6 Å². The molecule has 0 unspecified atom stereocenters. The van der Waals surface area contributed by atoms with Crippen molar-refractivity contribution in [1.29, 1.82) is 0 Å². The monoisotopic (exact) mass is 651 g/mol. The van der Waals surface area contributed by atoms with Gasteiger partial charge in [-0.3, -0.25) is 4.79 Å². The molecule has 1 N–H and O–H groups in total. The van der Waals surface area contributed by atoms with Gasteiger partial charge in [0.25, 0.3) is 5.91 Å². The zero-order valence-corrected chi connectivity index (χ0v) is 26.9. The second-order valence-corrected chi connectivity index (χ2v) is 12.5. The van der Waals surface area contributed by atoms with Crippen LogP contribution in [0.15, 0.2) is 120 Å². The second kappa shape index (κ2) is 15.3. The normalized spacial score (nSPS) is 13.2. The molecule has 0 radical (unpaired) electrons. The predicted octanol–water partition coefficient (Wildman–Crippen LogP) is 7.84. The molecule has 1 saturated heterocycles. The maximum atomic E-state index is 14.3. The summed E-state index contributed by atoms with van der Waals surface area (Å²) >= 11 is 7.89. The maximum Gasteiger partial charge on any atom is 0.251 e. The molecule has 6 nitrogen and oxygen atoms in total. The van der Waals surface area contributed by atoms with Crippen LogP contribution in [-0.4, -0.2) is 48.6 Å². The van der Waals surface area contributed by atoms with E-state index in [9.17, 15) is 9.18 Å². The van der Waals surface area contributed by atoms with Gasteiger partial charge in [-0.15, -0.1) is 0 Å². The number of carbonyl (C=O) groups is 1. The van der Waals surface area contributed by atoms with Gasteiger partial charge in [0.2, 0.25) is 0 Å². The van der Waals surface area contributed by atoms with Crippen LogP contribution in [0.2, 0.25) is 5.15 Å². The average Bonchev–Trinajstić information content (AvgIpc) is 3.10. The molecule has 0 spiro atoms. The third-order valence-corrected chi connectivity index (χ3v) is 9.28. The molecule has 4 aromatic carbocycles.